The summed E-state index contributed by atoms with van der Waals surface area (Å²) >= 11 is 0. The number of hydrogen-bond acceptors (Lipinski definition) is 5. The summed E-state index contributed by atoms with van der Waals surface area (Å²) < 4.78 is 40.6. The topological polar surface area (TPSA) is 131 Å². The fourth-order valence-corrected chi connectivity index (χ4v) is 4.57. The van der Waals surface area contributed by atoms with Crippen LogP contribution < -0.4 is 11.1 Å². The molecule has 4 rings (SSSR count). The van der Waals surface area contributed by atoms with E-state index in [0.717, 1.165) is 6.26 Å². The van der Waals surface area contributed by atoms with Crippen molar-refractivity contribution >= 4 is 27.3 Å². The smallest absolute Gasteiger partial charge is 0.274 e. The molecule has 0 saturated carbocycles. The Morgan fingerprint density at radius 3 is 2.49 bits per heavy atom. The number of nitrogen functional groups attached to an aromatic ring is 1. The molecule has 0 spiro atoms. The largest absolute Gasteiger partial charge is 0.384 e. The van der Waals surface area contributed by atoms with Gasteiger partial charge in [-0.25, -0.2) is 17.5 Å². The van der Waals surface area contributed by atoms with E-state index in [4.69, 9.17) is 11.1 Å². The second-order valence-corrected chi connectivity index (χ2v) is 9.95. The summed E-state index contributed by atoms with van der Waals surface area (Å²) in [4.78, 5) is 13.1. The Balaban J connectivity index is 1.66. The van der Waals surface area contributed by atoms with Gasteiger partial charge in [0, 0.05) is 17.4 Å². The monoisotopic (exact) mass is 491 g/mol. The summed E-state index contributed by atoms with van der Waals surface area (Å²) in [5.74, 6) is -1.44. The van der Waals surface area contributed by atoms with Gasteiger partial charge < -0.3 is 11.1 Å². The Labute approximate surface area is 201 Å². The van der Waals surface area contributed by atoms with Crippen LogP contribution in [0, 0.1) is 18.2 Å². The van der Waals surface area contributed by atoms with E-state index in [1.165, 1.54) is 22.9 Å². The number of anilines is 1. The lowest BCUT2D eigenvalue weighted by atomic mass is 10.0. The zero-order chi connectivity index (χ0) is 25.3. The molecule has 0 bridgehead atoms. The van der Waals surface area contributed by atoms with Crippen molar-refractivity contribution in [1.29, 1.82) is 5.41 Å². The zero-order valence-electron chi connectivity index (χ0n) is 18.9. The van der Waals surface area contributed by atoms with Crippen LogP contribution in [0.2, 0.25) is 0 Å². The second-order valence-electron chi connectivity index (χ2n) is 7.96. The number of carbonyl (C=O) groups is 1. The minimum Gasteiger partial charge on any atom is -0.384 e. The van der Waals surface area contributed by atoms with Crippen molar-refractivity contribution in [2.24, 2.45) is 5.73 Å². The molecule has 4 N–H and O–H groups in total. The number of halogens is 1. The Hall–Kier alpha value is -4.31. The lowest BCUT2D eigenvalue weighted by Crippen LogP contribution is -2.18. The van der Waals surface area contributed by atoms with Crippen molar-refractivity contribution in [1.82, 2.24) is 9.78 Å². The SMILES string of the molecule is Cc1cc(C(=O)Nc2ccc(-c3ccccc3S(C)(=O)=O)cc2F)n(-c2cccc(C(=N)N)c2)n1. The van der Waals surface area contributed by atoms with Gasteiger partial charge in [-0.3, -0.25) is 10.2 Å². The summed E-state index contributed by atoms with van der Waals surface area (Å²) in [6.07, 6.45) is 1.09. The van der Waals surface area contributed by atoms with Crippen LogP contribution in [-0.4, -0.2) is 36.2 Å². The molecule has 178 valence electrons. The first kappa shape index (κ1) is 23.8. The van der Waals surface area contributed by atoms with Crippen LogP contribution in [0.3, 0.4) is 0 Å². The Bertz CT molecular complexity index is 1580. The highest BCUT2D eigenvalue weighted by Crippen LogP contribution is 2.30. The molecule has 35 heavy (non-hydrogen) atoms. The summed E-state index contributed by atoms with van der Waals surface area (Å²) in [5.41, 5.74) is 7.94. The van der Waals surface area contributed by atoms with Crippen LogP contribution in [0.15, 0.2) is 77.7 Å². The quantitative estimate of drug-likeness (QED) is 0.278. The van der Waals surface area contributed by atoms with Gasteiger partial charge in [-0.1, -0.05) is 36.4 Å². The summed E-state index contributed by atoms with van der Waals surface area (Å²) in [7, 11) is -3.52. The first-order valence-electron chi connectivity index (χ1n) is 10.5. The summed E-state index contributed by atoms with van der Waals surface area (Å²) in [5, 5.41) is 14.5. The normalized spacial score (nSPS) is 11.3. The maximum atomic E-state index is 15.0. The molecule has 8 nitrogen and oxygen atoms in total. The third kappa shape index (κ3) is 4.97. The van der Waals surface area contributed by atoms with Crippen LogP contribution in [0.1, 0.15) is 21.7 Å². The molecule has 0 aliphatic rings. The minimum atomic E-state index is -3.52. The number of hydrogen-bond donors (Lipinski definition) is 3. The predicted octanol–water partition coefficient (Wildman–Crippen LogP) is 3.93. The van der Waals surface area contributed by atoms with Gasteiger partial charge in [-0.05, 0) is 48.9 Å². The molecule has 0 aliphatic heterocycles. The molecule has 10 heteroatoms. The van der Waals surface area contributed by atoms with Crippen molar-refractivity contribution in [3.63, 3.8) is 0 Å². The van der Waals surface area contributed by atoms with Gasteiger partial charge in [-0.2, -0.15) is 5.10 Å². The van der Waals surface area contributed by atoms with E-state index in [0.29, 0.717) is 28.1 Å². The maximum Gasteiger partial charge on any atom is 0.274 e. The zero-order valence-corrected chi connectivity index (χ0v) is 19.7. The molecule has 0 aliphatic carbocycles. The molecular formula is C25H22FN5O3S. The third-order valence-corrected chi connectivity index (χ3v) is 6.44. The third-order valence-electron chi connectivity index (χ3n) is 5.28. The molecule has 0 atom stereocenters. The fraction of sp³-hybridized carbons (Fsp3) is 0.0800. The van der Waals surface area contributed by atoms with Gasteiger partial charge >= 0.3 is 0 Å². The van der Waals surface area contributed by atoms with Crippen molar-refractivity contribution in [3.05, 3.63) is 95.6 Å². The number of aryl methyl sites for hydroxylation is 1. The molecule has 3 aromatic carbocycles. The number of rotatable bonds is 6. The van der Waals surface area contributed by atoms with E-state index in [2.05, 4.69) is 10.4 Å². The lowest BCUT2D eigenvalue weighted by molar-refractivity contribution is 0.101. The molecule has 0 fully saturated rings. The molecule has 1 amide bonds. The van der Waals surface area contributed by atoms with Gasteiger partial charge in [0.15, 0.2) is 9.84 Å². The Kier molecular flexibility index (Phi) is 6.23. The highest BCUT2D eigenvalue weighted by atomic mass is 32.2. The highest BCUT2D eigenvalue weighted by Gasteiger charge is 2.19. The van der Waals surface area contributed by atoms with E-state index in [1.807, 2.05) is 0 Å². The van der Waals surface area contributed by atoms with Crippen molar-refractivity contribution in [3.8, 4) is 16.8 Å². The van der Waals surface area contributed by atoms with Crippen LogP contribution in [0.4, 0.5) is 10.1 Å². The van der Waals surface area contributed by atoms with Gasteiger partial charge in [0.25, 0.3) is 5.91 Å². The van der Waals surface area contributed by atoms with Crippen LogP contribution in [0.25, 0.3) is 16.8 Å². The lowest BCUT2D eigenvalue weighted by Gasteiger charge is -2.12. The van der Waals surface area contributed by atoms with Crippen molar-refractivity contribution < 1.29 is 17.6 Å². The number of aromatic nitrogens is 2. The van der Waals surface area contributed by atoms with Crippen molar-refractivity contribution in [2.75, 3.05) is 11.6 Å². The molecule has 1 heterocycles. The summed E-state index contributed by atoms with van der Waals surface area (Å²) in [6, 6.07) is 18.7. The first-order valence-corrected chi connectivity index (χ1v) is 12.4. The van der Waals surface area contributed by atoms with Gasteiger partial charge in [-0.15, -0.1) is 0 Å². The Morgan fingerprint density at radius 2 is 1.80 bits per heavy atom. The molecule has 0 unspecified atom stereocenters. The molecule has 4 aromatic rings. The average molecular weight is 492 g/mol. The molecule has 0 saturated heterocycles. The molecular weight excluding hydrogens is 469 g/mol. The number of amides is 1. The predicted molar refractivity (Wildman–Crippen MR) is 132 cm³/mol. The van der Waals surface area contributed by atoms with E-state index >= 15 is 0 Å². The van der Waals surface area contributed by atoms with E-state index in [-0.39, 0.29) is 22.1 Å². The Morgan fingerprint density at radius 1 is 1.06 bits per heavy atom. The van der Waals surface area contributed by atoms with E-state index in [9.17, 15) is 17.6 Å². The van der Waals surface area contributed by atoms with Gasteiger partial charge in [0.05, 0.1) is 22.0 Å². The first-order chi connectivity index (χ1) is 16.5. The molecule has 0 radical (unpaired) electrons. The van der Waals surface area contributed by atoms with Crippen LogP contribution >= 0.6 is 0 Å². The number of benzene rings is 3. The highest BCUT2D eigenvalue weighted by molar-refractivity contribution is 7.90. The average Bonchev–Trinajstić information content (AvgIpc) is 3.21. The van der Waals surface area contributed by atoms with E-state index in [1.54, 1.807) is 61.5 Å². The number of nitrogens with one attached hydrogen (secondary N) is 2. The number of amidine groups is 1. The van der Waals surface area contributed by atoms with Crippen LogP contribution in [0.5, 0.6) is 0 Å². The standard InChI is InChI=1S/C25H22FN5O3S/c1-15-12-22(31(30-15)18-7-5-6-17(13-18)24(27)28)25(32)29-21-11-10-16(14-20(21)26)19-8-3-4-9-23(19)35(2,33)34/h3-14H,1-2H3,(H3,27,28)(H,29,32). The number of nitrogens with two attached hydrogens (primary N) is 1. The fourth-order valence-electron chi connectivity index (χ4n) is 3.66. The van der Waals surface area contributed by atoms with Gasteiger partial charge in [0.1, 0.15) is 17.3 Å². The maximum absolute atomic E-state index is 15.0. The van der Waals surface area contributed by atoms with E-state index < -0.39 is 21.6 Å². The number of nitrogens with zero attached hydrogens (tertiary/aromatic N) is 2. The van der Waals surface area contributed by atoms with Crippen LogP contribution in [-0.2, 0) is 9.84 Å². The van der Waals surface area contributed by atoms with Crippen molar-refractivity contribution in [2.45, 2.75) is 11.8 Å². The number of sulfone groups is 1. The summed E-state index contributed by atoms with van der Waals surface area (Å²) in [6.45, 7) is 1.72. The number of carbonyl (C=O) groups excluding carboxylic acids is 1. The molecule has 1 aromatic heterocycles. The minimum absolute atomic E-state index is 0.0709. The van der Waals surface area contributed by atoms with Gasteiger partial charge in [0.2, 0.25) is 0 Å². The second kappa shape index (κ2) is 9.15.